The normalized spacial score (nSPS) is 17.2. The zero-order chi connectivity index (χ0) is 22.4. The molecule has 4 rings (SSSR count). The van der Waals surface area contributed by atoms with Crippen molar-refractivity contribution in [2.24, 2.45) is 5.73 Å². The molecule has 2 aromatic carbocycles. The molecule has 174 valence electrons. The fourth-order valence-corrected chi connectivity index (χ4v) is 3.96. The molecule has 1 unspecified atom stereocenters. The van der Waals surface area contributed by atoms with E-state index in [-0.39, 0.29) is 12.9 Å². The Bertz CT molecular complexity index is 877. The standard InChI is InChI=1S/C25H34N2O5/c1-25(2,26)17-23(32-22-9-4-8-21-24(22)31-18-30-21)19-6-3-7-20(16-19)29-13-5-10-27-11-14-28-15-12-27/h3-4,6-9,16,23H,5,10-15,17-18,26H2,1-2H3. The van der Waals surface area contributed by atoms with E-state index in [9.17, 15) is 0 Å². The van der Waals surface area contributed by atoms with Crippen LogP contribution in [0.15, 0.2) is 42.5 Å². The second-order valence-electron chi connectivity index (χ2n) is 9.02. The van der Waals surface area contributed by atoms with Crippen molar-refractivity contribution in [3.63, 3.8) is 0 Å². The van der Waals surface area contributed by atoms with E-state index in [1.807, 2.05) is 50.2 Å². The minimum absolute atomic E-state index is 0.205. The maximum Gasteiger partial charge on any atom is 0.231 e. The number of benzene rings is 2. The van der Waals surface area contributed by atoms with Crippen molar-refractivity contribution in [1.29, 1.82) is 0 Å². The fraction of sp³-hybridized carbons (Fsp3) is 0.520. The van der Waals surface area contributed by atoms with Crippen LogP contribution in [0.1, 0.15) is 38.4 Å². The topological polar surface area (TPSA) is 75.4 Å². The summed E-state index contributed by atoms with van der Waals surface area (Å²) in [7, 11) is 0. The van der Waals surface area contributed by atoms with Crippen LogP contribution in [0.25, 0.3) is 0 Å². The number of fused-ring (bicyclic) bond motifs is 1. The molecule has 1 saturated heterocycles. The molecule has 0 radical (unpaired) electrons. The van der Waals surface area contributed by atoms with E-state index < -0.39 is 5.54 Å². The summed E-state index contributed by atoms with van der Waals surface area (Å²) in [6.45, 7) is 9.56. The summed E-state index contributed by atoms with van der Waals surface area (Å²) in [5, 5.41) is 0. The van der Waals surface area contributed by atoms with Gasteiger partial charge in [0, 0.05) is 31.6 Å². The monoisotopic (exact) mass is 442 g/mol. The van der Waals surface area contributed by atoms with E-state index in [0.717, 1.165) is 50.6 Å². The molecule has 2 aliphatic heterocycles. The Balaban J connectivity index is 1.41. The summed E-state index contributed by atoms with van der Waals surface area (Å²) < 4.78 is 29.0. The quantitative estimate of drug-likeness (QED) is 0.562. The van der Waals surface area contributed by atoms with Crippen LogP contribution in [0.2, 0.25) is 0 Å². The van der Waals surface area contributed by atoms with Gasteiger partial charge in [-0.05, 0) is 50.1 Å². The van der Waals surface area contributed by atoms with Gasteiger partial charge in [0.25, 0.3) is 0 Å². The van der Waals surface area contributed by atoms with E-state index in [2.05, 4.69) is 11.0 Å². The summed E-state index contributed by atoms with van der Waals surface area (Å²) in [5.41, 5.74) is 6.98. The van der Waals surface area contributed by atoms with E-state index in [1.165, 1.54) is 0 Å². The molecule has 7 heteroatoms. The van der Waals surface area contributed by atoms with E-state index in [0.29, 0.717) is 30.3 Å². The van der Waals surface area contributed by atoms with Gasteiger partial charge < -0.3 is 29.4 Å². The smallest absolute Gasteiger partial charge is 0.231 e. The maximum atomic E-state index is 6.42. The summed E-state index contributed by atoms with van der Waals surface area (Å²) in [6, 6.07) is 13.8. The highest BCUT2D eigenvalue weighted by Crippen LogP contribution is 2.43. The minimum atomic E-state index is -0.408. The average molecular weight is 443 g/mol. The Labute approximate surface area is 190 Å². The van der Waals surface area contributed by atoms with Gasteiger partial charge in [-0.3, -0.25) is 4.90 Å². The molecule has 2 aliphatic rings. The SMILES string of the molecule is CC(C)(N)CC(Oc1cccc2c1OCO2)c1cccc(OCCCN2CCOCC2)c1. The highest BCUT2D eigenvalue weighted by molar-refractivity contribution is 5.52. The summed E-state index contributed by atoms with van der Waals surface area (Å²) >= 11 is 0. The second-order valence-corrected chi connectivity index (χ2v) is 9.02. The lowest BCUT2D eigenvalue weighted by atomic mass is 9.93. The van der Waals surface area contributed by atoms with Crippen LogP contribution in [-0.2, 0) is 4.74 Å². The van der Waals surface area contributed by atoms with Crippen molar-refractivity contribution in [1.82, 2.24) is 4.90 Å². The van der Waals surface area contributed by atoms with E-state index in [1.54, 1.807) is 0 Å². The first-order valence-electron chi connectivity index (χ1n) is 11.3. The summed E-state index contributed by atoms with van der Waals surface area (Å²) in [5.74, 6) is 2.84. The van der Waals surface area contributed by atoms with Crippen molar-refractivity contribution in [3.05, 3.63) is 48.0 Å². The molecule has 0 spiro atoms. The zero-order valence-electron chi connectivity index (χ0n) is 19.0. The molecule has 0 amide bonds. The van der Waals surface area contributed by atoms with Crippen LogP contribution >= 0.6 is 0 Å². The Kier molecular flexibility index (Phi) is 7.40. The Morgan fingerprint density at radius 3 is 2.72 bits per heavy atom. The van der Waals surface area contributed by atoms with Crippen molar-refractivity contribution in [3.8, 4) is 23.0 Å². The number of para-hydroxylation sites is 1. The number of nitrogens with two attached hydrogens (primary N) is 1. The zero-order valence-corrected chi connectivity index (χ0v) is 19.0. The second kappa shape index (κ2) is 10.4. The third-order valence-electron chi connectivity index (χ3n) is 5.56. The Morgan fingerprint density at radius 2 is 1.91 bits per heavy atom. The number of hydrogen-bond donors (Lipinski definition) is 1. The molecule has 0 aliphatic carbocycles. The van der Waals surface area contributed by atoms with Crippen molar-refractivity contribution in [2.75, 3.05) is 46.2 Å². The lowest BCUT2D eigenvalue weighted by Gasteiger charge is -2.28. The first-order valence-corrected chi connectivity index (χ1v) is 11.3. The number of rotatable bonds is 10. The lowest BCUT2D eigenvalue weighted by molar-refractivity contribution is 0.0358. The lowest BCUT2D eigenvalue weighted by Crippen LogP contribution is -2.37. The molecular weight excluding hydrogens is 408 g/mol. The van der Waals surface area contributed by atoms with Gasteiger partial charge in [0.05, 0.1) is 19.8 Å². The van der Waals surface area contributed by atoms with Gasteiger partial charge in [-0.15, -0.1) is 0 Å². The van der Waals surface area contributed by atoms with Crippen molar-refractivity contribution < 1.29 is 23.7 Å². The summed E-state index contributed by atoms with van der Waals surface area (Å²) in [6.07, 6.45) is 1.37. The van der Waals surface area contributed by atoms with Crippen molar-refractivity contribution >= 4 is 0 Å². The highest BCUT2D eigenvalue weighted by Gasteiger charge is 2.26. The molecule has 0 bridgehead atoms. The minimum Gasteiger partial charge on any atom is -0.494 e. The van der Waals surface area contributed by atoms with Crippen LogP contribution < -0.4 is 24.7 Å². The Morgan fingerprint density at radius 1 is 1.09 bits per heavy atom. The molecule has 1 fully saturated rings. The molecule has 2 N–H and O–H groups in total. The highest BCUT2D eigenvalue weighted by atomic mass is 16.7. The van der Waals surface area contributed by atoms with Gasteiger partial charge in [0.2, 0.25) is 12.5 Å². The number of ether oxygens (including phenoxy) is 5. The molecule has 32 heavy (non-hydrogen) atoms. The van der Waals surface area contributed by atoms with Gasteiger partial charge in [-0.1, -0.05) is 18.2 Å². The number of morpholine rings is 1. The largest absolute Gasteiger partial charge is 0.494 e. The first-order chi connectivity index (χ1) is 15.5. The van der Waals surface area contributed by atoms with Gasteiger partial charge >= 0.3 is 0 Å². The first kappa shape index (κ1) is 22.7. The Hall–Kier alpha value is -2.48. The summed E-state index contributed by atoms with van der Waals surface area (Å²) in [4.78, 5) is 2.42. The molecular formula is C25H34N2O5. The van der Waals surface area contributed by atoms with Crippen LogP contribution in [0.4, 0.5) is 0 Å². The van der Waals surface area contributed by atoms with Crippen LogP contribution in [0, 0.1) is 0 Å². The molecule has 0 aromatic heterocycles. The van der Waals surface area contributed by atoms with Gasteiger partial charge in [-0.25, -0.2) is 0 Å². The average Bonchev–Trinajstić information content (AvgIpc) is 3.26. The number of hydrogen-bond acceptors (Lipinski definition) is 7. The third kappa shape index (κ3) is 6.28. The fourth-order valence-electron chi connectivity index (χ4n) is 3.96. The number of nitrogens with zero attached hydrogens (tertiary/aromatic N) is 1. The van der Waals surface area contributed by atoms with Gasteiger partial charge in [0.1, 0.15) is 11.9 Å². The van der Waals surface area contributed by atoms with Crippen LogP contribution in [0.3, 0.4) is 0 Å². The predicted molar refractivity (Wildman–Crippen MR) is 123 cm³/mol. The third-order valence-corrected chi connectivity index (χ3v) is 5.56. The molecule has 1 atom stereocenters. The van der Waals surface area contributed by atoms with Gasteiger partial charge in [0.15, 0.2) is 11.5 Å². The molecule has 2 aromatic rings. The van der Waals surface area contributed by atoms with Crippen molar-refractivity contribution in [2.45, 2.75) is 38.3 Å². The van der Waals surface area contributed by atoms with Crippen LogP contribution in [0.5, 0.6) is 23.0 Å². The van der Waals surface area contributed by atoms with Gasteiger partial charge in [-0.2, -0.15) is 0 Å². The molecule has 7 nitrogen and oxygen atoms in total. The molecule has 2 heterocycles. The molecule has 0 saturated carbocycles. The maximum absolute atomic E-state index is 6.42. The van der Waals surface area contributed by atoms with E-state index in [4.69, 9.17) is 29.4 Å². The predicted octanol–water partition coefficient (Wildman–Crippen LogP) is 3.76. The van der Waals surface area contributed by atoms with Crippen LogP contribution in [-0.4, -0.2) is 56.7 Å². The van der Waals surface area contributed by atoms with E-state index >= 15 is 0 Å².